The molecule has 0 aliphatic rings. The Morgan fingerprint density at radius 1 is 1.15 bits per heavy atom. The lowest BCUT2D eigenvalue weighted by Crippen LogP contribution is -2.05. The van der Waals surface area contributed by atoms with Crippen molar-refractivity contribution in [3.63, 3.8) is 0 Å². The normalized spacial score (nSPS) is 11.4. The average molecular weight is 282 g/mol. The van der Waals surface area contributed by atoms with Gasteiger partial charge in [0, 0.05) is 18.8 Å². The van der Waals surface area contributed by atoms with E-state index in [0.717, 1.165) is 17.7 Å². The molecule has 106 valence electrons. The summed E-state index contributed by atoms with van der Waals surface area (Å²) in [5, 5.41) is 2.99. The highest BCUT2D eigenvalue weighted by molar-refractivity contribution is 5.32. The van der Waals surface area contributed by atoms with Crippen molar-refractivity contribution in [3.8, 4) is 11.6 Å². The molecule has 0 atom stereocenters. The molecule has 3 nitrogen and oxygen atoms in total. The van der Waals surface area contributed by atoms with Crippen molar-refractivity contribution < 1.29 is 17.9 Å². The SMILES string of the molecule is CNCc1ccnc(Oc2ccc(C(F)(F)F)cc2)c1. The van der Waals surface area contributed by atoms with E-state index < -0.39 is 11.7 Å². The third-order valence-corrected chi connectivity index (χ3v) is 2.58. The smallest absolute Gasteiger partial charge is 0.416 e. The summed E-state index contributed by atoms with van der Waals surface area (Å²) in [5.41, 5.74) is 0.270. The zero-order valence-electron chi connectivity index (χ0n) is 10.7. The maximum Gasteiger partial charge on any atom is 0.416 e. The molecule has 0 fully saturated rings. The monoisotopic (exact) mass is 282 g/mol. The molecule has 0 bridgehead atoms. The van der Waals surface area contributed by atoms with Crippen molar-refractivity contribution in [2.24, 2.45) is 0 Å². The van der Waals surface area contributed by atoms with Crippen LogP contribution in [0.2, 0.25) is 0 Å². The molecular weight excluding hydrogens is 269 g/mol. The molecule has 0 saturated carbocycles. The Hall–Kier alpha value is -2.08. The number of pyridine rings is 1. The van der Waals surface area contributed by atoms with Gasteiger partial charge in [0.25, 0.3) is 0 Å². The minimum absolute atomic E-state index is 0.312. The Balaban J connectivity index is 2.12. The van der Waals surface area contributed by atoms with Crippen LogP contribution in [0.1, 0.15) is 11.1 Å². The van der Waals surface area contributed by atoms with Crippen LogP contribution in [0, 0.1) is 0 Å². The first kappa shape index (κ1) is 14.3. The number of aromatic nitrogens is 1. The van der Waals surface area contributed by atoms with E-state index in [1.165, 1.54) is 12.1 Å². The first-order chi connectivity index (χ1) is 9.49. The minimum atomic E-state index is -4.34. The van der Waals surface area contributed by atoms with Gasteiger partial charge in [0.15, 0.2) is 0 Å². The number of alkyl halides is 3. The fourth-order valence-electron chi connectivity index (χ4n) is 1.65. The predicted molar refractivity (Wildman–Crippen MR) is 68.5 cm³/mol. The average Bonchev–Trinajstić information content (AvgIpc) is 2.39. The van der Waals surface area contributed by atoms with Gasteiger partial charge >= 0.3 is 6.18 Å². The van der Waals surface area contributed by atoms with Gasteiger partial charge in [0.05, 0.1) is 5.56 Å². The minimum Gasteiger partial charge on any atom is -0.439 e. The molecule has 0 aliphatic heterocycles. The molecule has 2 rings (SSSR count). The molecule has 20 heavy (non-hydrogen) atoms. The van der Waals surface area contributed by atoms with Gasteiger partial charge in [0.1, 0.15) is 5.75 Å². The number of hydrogen-bond acceptors (Lipinski definition) is 3. The highest BCUT2D eigenvalue weighted by atomic mass is 19.4. The number of rotatable bonds is 4. The van der Waals surface area contributed by atoms with E-state index in [9.17, 15) is 13.2 Å². The standard InChI is InChI=1S/C14H13F3N2O/c1-18-9-10-6-7-19-13(8-10)20-12-4-2-11(3-5-12)14(15,16)17/h2-8,18H,9H2,1H3. The van der Waals surface area contributed by atoms with Crippen LogP contribution in [-0.4, -0.2) is 12.0 Å². The number of ether oxygens (including phenoxy) is 1. The molecule has 1 aromatic carbocycles. The largest absolute Gasteiger partial charge is 0.439 e. The number of hydrogen-bond donors (Lipinski definition) is 1. The first-order valence-electron chi connectivity index (χ1n) is 5.93. The summed E-state index contributed by atoms with van der Waals surface area (Å²) in [5.74, 6) is 0.657. The van der Waals surface area contributed by atoms with Crippen molar-refractivity contribution in [1.82, 2.24) is 10.3 Å². The number of nitrogens with zero attached hydrogens (tertiary/aromatic N) is 1. The molecule has 2 aromatic rings. The topological polar surface area (TPSA) is 34.2 Å². The predicted octanol–water partition coefficient (Wildman–Crippen LogP) is 3.61. The van der Waals surface area contributed by atoms with E-state index >= 15 is 0 Å². The summed E-state index contributed by atoms with van der Waals surface area (Å²) in [6.07, 6.45) is -2.75. The lowest BCUT2D eigenvalue weighted by Gasteiger charge is -2.09. The molecule has 1 aromatic heterocycles. The Morgan fingerprint density at radius 3 is 2.45 bits per heavy atom. The van der Waals surface area contributed by atoms with Crippen LogP contribution in [0.3, 0.4) is 0 Å². The van der Waals surface area contributed by atoms with Gasteiger partial charge in [-0.15, -0.1) is 0 Å². The molecule has 6 heteroatoms. The van der Waals surface area contributed by atoms with Crippen molar-refractivity contribution in [3.05, 3.63) is 53.7 Å². The third kappa shape index (κ3) is 3.71. The molecule has 0 spiro atoms. The van der Waals surface area contributed by atoms with E-state index in [1.54, 1.807) is 12.3 Å². The first-order valence-corrected chi connectivity index (χ1v) is 5.93. The van der Waals surface area contributed by atoms with Gasteiger partial charge in [-0.25, -0.2) is 4.98 Å². The molecule has 0 amide bonds. The van der Waals surface area contributed by atoms with Crippen LogP contribution in [0.5, 0.6) is 11.6 Å². The third-order valence-electron chi connectivity index (χ3n) is 2.58. The van der Waals surface area contributed by atoms with Crippen molar-refractivity contribution >= 4 is 0 Å². The summed E-state index contributed by atoms with van der Waals surface area (Å²) < 4.78 is 42.7. The van der Waals surface area contributed by atoms with Gasteiger partial charge < -0.3 is 10.1 Å². The molecule has 1 N–H and O–H groups in total. The van der Waals surface area contributed by atoms with E-state index in [2.05, 4.69) is 10.3 Å². The van der Waals surface area contributed by atoms with E-state index in [1.807, 2.05) is 13.1 Å². The second-order valence-electron chi connectivity index (χ2n) is 4.16. The van der Waals surface area contributed by atoms with Crippen molar-refractivity contribution in [2.45, 2.75) is 12.7 Å². The molecule has 0 aliphatic carbocycles. The van der Waals surface area contributed by atoms with E-state index in [-0.39, 0.29) is 0 Å². The zero-order chi connectivity index (χ0) is 14.6. The number of benzene rings is 1. The Kier molecular flexibility index (Phi) is 4.24. The van der Waals surface area contributed by atoms with Gasteiger partial charge in [-0.1, -0.05) is 0 Å². The van der Waals surface area contributed by atoms with Gasteiger partial charge in [0.2, 0.25) is 5.88 Å². The van der Waals surface area contributed by atoms with Gasteiger partial charge in [-0.05, 0) is 42.9 Å². The maximum atomic E-state index is 12.4. The van der Waals surface area contributed by atoms with Crippen molar-refractivity contribution in [2.75, 3.05) is 7.05 Å². The second kappa shape index (κ2) is 5.92. The van der Waals surface area contributed by atoms with Gasteiger partial charge in [-0.3, -0.25) is 0 Å². The van der Waals surface area contributed by atoms with Crippen LogP contribution < -0.4 is 10.1 Å². The molecule has 1 heterocycles. The summed E-state index contributed by atoms with van der Waals surface area (Å²) in [4.78, 5) is 4.02. The van der Waals surface area contributed by atoms with E-state index in [4.69, 9.17) is 4.74 Å². The molecule has 0 radical (unpaired) electrons. The lowest BCUT2D eigenvalue weighted by atomic mass is 10.2. The van der Waals surface area contributed by atoms with Gasteiger partial charge in [-0.2, -0.15) is 13.2 Å². The summed E-state index contributed by atoms with van der Waals surface area (Å²) in [6.45, 7) is 0.659. The Bertz CT molecular complexity index is 567. The zero-order valence-corrected chi connectivity index (χ0v) is 10.7. The molecule has 0 saturated heterocycles. The summed E-state index contributed by atoms with van der Waals surface area (Å²) in [7, 11) is 1.82. The quantitative estimate of drug-likeness (QED) is 0.930. The van der Waals surface area contributed by atoms with Crippen LogP contribution in [0.15, 0.2) is 42.6 Å². The van der Waals surface area contributed by atoms with Crippen LogP contribution in [0.25, 0.3) is 0 Å². The summed E-state index contributed by atoms with van der Waals surface area (Å²) >= 11 is 0. The fourth-order valence-corrected chi connectivity index (χ4v) is 1.65. The fraction of sp³-hybridized carbons (Fsp3) is 0.214. The van der Waals surface area contributed by atoms with E-state index in [0.29, 0.717) is 18.2 Å². The Morgan fingerprint density at radius 2 is 1.85 bits per heavy atom. The lowest BCUT2D eigenvalue weighted by molar-refractivity contribution is -0.137. The Labute approximate surface area is 114 Å². The second-order valence-corrected chi connectivity index (χ2v) is 4.16. The molecular formula is C14H13F3N2O. The maximum absolute atomic E-state index is 12.4. The van der Waals surface area contributed by atoms with Crippen LogP contribution in [-0.2, 0) is 12.7 Å². The van der Waals surface area contributed by atoms with Crippen molar-refractivity contribution in [1.29, 1.82) is 0 Å². The molecule has 0 unspecified atom stereocenters. The highest BCUT2D eigenvalue weighted by Gasteiger charge is 2.30. The van der Waals surface area contributed by atoms with Crippen LogP contribution in [0.4, 0.5) is 13.2 Å². The van der Waals surface area contributed by atoms with Crippen LogP contribution >= 0.6 is 0 Å². The number of nitrogens with one attached hydrogen (secondary N) is 1. The highest BCUT2D eigenvalue weighted by Crippen LogP contribution is 2.31. The summed E-state index contributed by atoms with van der Waals surface area (Å²) in [6, 6.07) is 8.06. The number of halogens is 3.